The van der Waals surface area contributed by atoms with Gasteiger partial charge in [-0.3, -0.25) is 4.79 Å². The van der Waals surface area contributed by atoms with Crippen LogP contribution >= 0.6 is 0 Å². The molecule has 3 aromatic rings. The fraction of sp³-hybridized carbons (Fsp3) is 0.200. The maximum absolute atomic E-state index is 11.8. The first-order valence-corrected chi connectivity index (χ1v) is 8.21. The van der Waals surface area contributed by atoms with E-state index in [1.807, 2.05) is 53.2 Å². The smallest absolute Gasteiger partial charge is 0.246 e. The molecule has 1 heterocycles. The van der Waals surface area contributed by atoms with E-state index in [0.29, 0.717) is 13.2 Å². The number of carbonyl (C=O) groups excluding carboxylic acids is 1. The second-order valence-electron chi connectivity index (χ2n) is 5.81. The van der Waals surface area contributed by atoms with Crippen molar-refractivity contribution in [2.75, 3.05) is 6.61 Å². The van der Waals surface area contributed by atoms with E-state index in [4.69, 9.17) is 4.74 Å². The van der Waals surface area contributed by atoms with Gasteiger partial charge in [0.05, 0.1) is 12.9 Å². The van der Waals surface area contributed by atoms with Crippen LogP contribution in [0.4, 0.5) is 0 Å². The second kappa shape index (κ2) is 8.80. The van der Waals surface area contributed by atoms with Crippen molar-refractivity contribution in [3.63, 3.8) is 0 Å². The first-order chi connectivity index (χ1) is 12.3. The van der Waals surface area contributed by atoms with Crippen molar-refractivity contribution >= 4 is 5.91 Å². The number of carbonyl (C=O) groups is 1. The number of nitrogens with one attached hydrogen (secondary N) is 1. The largest absolute Gasteiger partial charge is 0.367 e. The molecule has 0 unspecified atom stereocenters. The summed E-state index contributed by atoms with van der Waals surface area (Å²) in [5, 5.41) is 2.87. The minimum Gasteiger partial charge on any atom is -0.367 e. The fourth-order valence-corrected chi connectivity index (χ4v) is 2.44. The van der Waals surface area contributed by atoms with Gasteiger partial charge in [-0.15, -0.1) is 0 Å². The maximum atomic E-state index is 11.8. The van der Waals surface area contributed by atoms with Gasteiger partial charge < -0.3 is 14.6 Å². The Morgan fingerprint density at radius 2 is 1.76 bits per heavy atom. The van der Waals surface area contributed by atoms with Gasteiger partial charge in [0.2, 0.25) is 5.91 Å². The summed E-state index contributed by atoms with van der Waals surface area (Å²) in [5.41, 5.74) is 3.31. The number of nitrogens with zero attached hydrogens (tertiary/aromatic N) is 2. The molecule has 25 heavy (non-hydrogen) atoms. The fourth-order valence-electron chi connectivity index (χ4n) is 2.44. The Bertz CT molecular complexity index is 768. The van der Waals surface area contributed by atoms with Crippen molar-refractivity contribution in [2.45, 2.75) is 19.7 Å². The van der Waals surface area contributed by atoms with Crippen LogP contribution in [0.2, 0.25) is 0 Å². The van der Waals surface area contributed by atoms with E-state index in [9.17, 15) is 4.79 Å². The summed E-state index contributed by atoms with van der Waals surface area (Å²) in [4.78, 5) is 15.9. The second-order valence-corrected chi connectivity index (χ2v) is 5.81. The number of amides is 1. The van der Waals surface area contributed by atoms with E-state index < -0.39 is 0 Å². The highest BCUT2D eigenvalue weighted by Gasteiger charge is 2.02. The van der Waals surface area contributed by atoms with Crippen LogP contribution in [0.15, 0.2) is 73.3 Å². The first-order valence-electron chi connectivity index (χ1n) is 8.21. The van der Waals surface area contributed by atoms with Crippen LogP contribution in [0, 0.1) is 0 Å². The molecular formula is C20H21N3O2. The Hall–Kier alpha value is -2.92. The van der Waals surface area contributed by atoms with Gasteiger partial charge in [0, 0.05) is 25.5 Å². The Balaban J connectivity index is 1.38. The van der Waals surface area contributed by atoms with Crippen molar-refractivity contribution in [3.8, 4) is 0 Å². The molecule has 128 valence electrons. The van der Waals surface area contributed by atoms with Gasteiger partial charge in [0.25, 0.3) is 0 Å². The molecule has 0 bridgehead atoms. The van der Waals surface area contributed by atoms with Crippen molar-refractivity contribution < 1.29 is 9.53 Å². The molecule has 1 aromatic heterocycles. The average Bonchev–Trinajstić information content (AvgIpc) is 3.15. The minimum absolute atomic E-state index is 0.0631. The van der Waals surface area contributed by atoms with Crippen LogP contribution in [0.5, 0.6) is 0 Å². The SMILES string of the molecule is O=C(COCc1ccccc1)NCc1ccc(Cn2ccnc2)cc1. The summed E-state index contributed by atoms with van der Waals surface area (Å²) >= 11 is 0. The van der Waals surface area contributed by atoms with Crippen molar-refractivity contribution in [3.05, 3.63) is 90.0 Å². The third-order valence-corrected chi connectivity index (χ3v) is 3.78. The molecule has 5 heteroatoms. The van der Waals surface area contributed by atoms with E-state index in [-0.39, 0.29) is 12.5 Å². The number of benzene rings is 2. The standard InChI is InChI=1S/C20H21N3O2/c24-20(15-25-14-19-4-2-1-3-5-19)22-12-17-6-8-18(9-7-17)13-23-11-10-21-16-23/h1-11,16H,12-15H2,(H,22,24). The summed E-state index contributed by atoms with van der Waals surface area (Å²) < 4.78 is 7.44. The molecule has 1 amide bonds. The monoisotopic (exact) mass is 335 g/mol. The molecular weight excluding hydrogens is 314 g/mol. The normalized spacial score (nSPS) is 10.6. The Kier molecular flexibility index (Phi) is 5.96. The van der Waals surface area contributed by atoms with Gasteiger partial charge in [0.1, 0.15) is 6.61 Å². The number of rotatable bonds is 8. The topological polar surface area (TPSA) is 56.1 Å². The number of imidazole rings is 1. The summed E-state index contributed by atoms with van der Waals surface area (Å²) in [6.45, 7) is 1.80. The molecule has 0 spiro atoms. The van der Waals surface area contributed by atoms with Crippen molar-refractivity contribution in [1.82, 2.24) is 14.9 Å². The molecule has 2 aromatic carbocycles. The highest BCUT2D eigenvalue weighted by molar-refractivity contribution is 5.77. The van der Waals surface area contributed by atoms with Gasteiger partial charge >= 0.3 is 0 Å². The van der Waals surface area contributed by atoms with Crippen molar-refractivity contribution in [2.24, 2.45) is 0 Å². The molecule has 0 aliphatic rings. The average molecular weight is 335 g/mol. The zero-order chi connectivity index (χ0) is 17.3. The lowest BCUT2D eigenvalue weighted by molar-refractivity contribution is -0.126. The molecule has 0 radical (unpaired) electrons. The molecule has 5 nitrogen and oxygen atoms in total. The van der Waals surface area contributed by atoms with Crippen LogP contribution in [0.25, 0.3) is 0 Å². The van der Waals surface area contributed by atoms with E-state index in [1.54, 1.807) is 12.5 Å². The lowest BCUT2D eigenvalue weighted by Crippen LogP contribution is -2.27. The molecule has 3 rings (SSSR count). The molecule has 0 aliphatic heterocycles. The van der Waals surface area contributed by atoms with Crippen LogP contribution in [0.1, 0.15) is 16.7 Å². The molecule has 0 aliphatic carbocycles. The highest BCUT2D eigenvalue weighted by atomic mass is 16.5. The third-order valence-electron chi connectivity index (χ3n) is 3.78. The quantitative estimate of drug-likeness (QED) is 0.689. The summed E-state index contributed by atoms with van der Waals surface area (Å²) in [7, 11) is 0. The zero-order valence-electron chi connectivity index (χ0n) is 14.0. The van der Waals surface area contributed by atoms with Crippen molar-refractivity contribution in [1.29, 1.82) is 0 Å². The predicted molar refractivity (Wildman–Crippen MR) is 95.7 cm³/mol. The number of aromatic nitrogens is 2. The van der Waals surface area contributed by atoms with Gasteiger partial charge in [-0.2, -0.15) is 0 Å². The Labute approximate surface area is 147 Å². The van der Waals surface area contributed by atoms with Gasteiger partial charge in [0.15, 0.2) is 0 Å². The minimum atomic E-state index is -0.113. The highest BCUT2D eigenvalue weighted by Crippen LogP contribution is 2.06. The Morgan fingerprint density at radius 3 is 2.48 bits per heavy atom. The van der Waals surface area contributed by atoms with E-state index in [1.165, 1.54) is 5.56 Å². The van der Waals surface area contributed by atoms with Crippen LogP contribution < -0.4 is 5.32 Å². The van der Waals surface area contributed by atoms with Crippen LogP contribution in [-0.4, -0.2) is 22.1 Å². The number of hydrogen-bond acceptors (Lipinski definition) is 3. The number of hydrogen-bond donors (Lipinski definition) is 1. The molecule has 0 fully saturated rings. The third kappa shape index (κ3) is 5.58. The molecule has 0 atom stereocenters. The lowest BCUT2D eigenvalue weighted by Gasteiger charge is -2.08. The summed E-state index contributed by atoms with van der Waals surface area (Å²) in [5.74, 6) is -0.113. The number of ether oxygens (including phenoxy) is 1. The molecule has 0 saturated heterocycles. The van der Waals surface area contributed by atoms with Gasteiger partial charge in [-0.05, 0) is 16.7 Å². The summed E-state index contributed by atoms with van der Waals surface area (Å²) in [6.07, 6.45) is 5.50. The maximum Gasteiger partial charge on any atom is 0.246 e. The first kappa shape index (κ1) is 16.9. The van der Waals surface area contributed by atoms with E-state index >= 15 is 0 Å². The summed E-state index contributed by atoms with van der Waals surface area (Å²) in [6, 6.07) is 18.0. The van der Waals surface area contributed by atoms with Gasteiger partial charge in [-0.25, -0.2) is 4.98 Å². The molecule has 0 saturated carbocycles. The van der Waals surface area contributed by atoms with Gasteiger partial charge in [-0.1, -0.05) is 54.6 Å². The zero-order valence-corrected chi connectivity index (χ0v) is 14.0. The van der Waals surface area contributed by atoms with Crippen LogP contribution in [0.3, 0.4) is 0 Å². The Morgan fingerprint density at radius 1 is 1.00 bits per heavy atom. The molecule has 1 N–H and O–H groups in total. The lowest BCUT2D eigenvalue weighted by atomic mass is 10.1. The van der Waals surface area contributed by atoms with E-state index in [2.05, 4.69) is 22.4 Å². The van der Waals surface area contributed by atoms with Crippen LogP contribution in [-0.2, 0) is 29.2 Å². The van der Waals surface area contributed by atoms with E-state index in [0.717, 1.165) is 17.7 Å². The predicted octanol–water partition coefficient (Wildman–Crippen LogP) is 2.76.